The number of methoxy groups -OCH3 is 1. The molecule has 0 saturated heterocycles. The molecular weight excluding hydrogens is 402 g/mol. The molecule has 0 N–H and O–H groups in total. The first kappa shape index (κ1) is 20.3. The molecule has 162 valence electrons. The molecule has 2 aliphatic heterocycles. The zero-order valence-electron chi connectivity index (χ0n) is 18.0. The summed E-state index contributed by atoms with van der Waals surface area (Å²) in [6, 6.07) is 21.7. The van der Waals surface area contributed by atoms with Gasteiger partial charge in [-0.2, -0.15) is 0 Å². The van der Waals surface area contributed by atoms with E-state index >= 15 is 0 Å². The lowest BCUT2D eigenvalue weighted by atomic mass is 10.0. The molecule has 0 aromatic heterocycles. The average molecular weight is 428 g/mol. The Morgan fingerprint density at radius 3 is 2.78 bits per heavy atom. The van der Waals surface area contributed by atoms with E-state index in [0.717, 1.165) is 42.0 Å². The minimum absolute atomic E-state index is 0.105. The summed E-state index contributed by atoms with van der Waals surface area (Å²) in [4.78, 5) is 15.2. The van der Waals surface area contributed by atoms with E-state index in [1.54, 1.807) is 19.3 Å². The Morgan fingerprint density at radius 2 is 1.94 bits per heavy atom. The number of aryl methyl sites for hydroxylation is 1. The van der Waals surface area contributed by atoms with Crippen LogP contribution in [0.4, 0.5) is 0 Å². The third-order valence-corrected chi connectivity index (χ3v) is 5.86. The molecule has 0 fully saturated rings. The van der Waals surface area contributed by atoms with Crippen LogP contribution in [0.1, 0.15) is 33.5 Å². The fourth-order valence-corrected chi connectivity index (χ4v) is 4.18. The largest absolute Gasteiger partial charge is 0.497 e. The van der Waals surface area contributed by atoms with E-state index < -0.39 is 0 Å². The van der Waals surface area contributed by atoms with Gasteiger partial charge in [-0.1, -0.05) is 42.5 Å². The molecule has 5 heteroatoms. The van der Waals surface area contributed by atoms with E-state index in [0.29, 0.717) is 30.3 Å². The van der Waals surface area contributed by atoms with Crippen molar-refractivity contribution in [2.24, 2.45) is 0 Å². The van der Waals surface area contributed by atoms with Crippen molar-refractivity contribution in [1.82, 2.24) is 4.90 Å². The molecule has 3 aromatic carbocycles. The Kier molecular flexibility index (Phi) is 5.65. The Bertz CT molecular complexity index is 1170. The summed E-state index contributed by atoms with van der Waals surface area (Å²) < 4.78 is 17.3. The van der Waals surface area contributed by atoms with Crippen LogP contribution in [0, 0.1) is 0 Å². The highest BCUT2D eigenvalue weighted by molar-refractivity contribution is 6.15. The maximum atomic E-state index is 13.0. The lowest BCUT2D eigenvalue weighted by molar-refractivity contribution is 0.0928. The monoisotopic (exact) mass is 427 g/mol. The van der Waals surface area contributed by atoms with Crippen molar-refractivity contribution in [3.05, 3.63) is 94.7 Å². The first-order valence-corrected chi connectivity index (χ1v) is 10.8. The van der Waals surface area contributed by atoms with Crippen LogP contribution in [-0.2, 0) is 13.0 Å². The lowest BCUT2D eigenvalue weighted by Gasteiger charge is -2.29. The summed E-state index contributed by atoms with van der Waals surface area (Å²) in [6.07, 6.45) is 3.83. The van der Waals surface area contributed by atoms with Gasteiger partial charge in [0.05, 0.1) is 18.2 Å². The smallest absolute Gasteiger partial charge is 0.231 e. The molecule has 0 saturated carbocycles. The first-order valence-electron chi connectivity index (χ1n) is 10.8. The summed E-state index contributed by atoms with van der Waals surface area (Å²) in [5.41, 5.74) is 3.73. The number of ketones is 1. The van der Waals surface area contributed by atoms with Crippen molar-refractivity contribution < 1.29 is 19.0 Å². The van der Waals surface area contributed by atoms with E-state index in [2.05, 4.69) is 29.2 Å². The number of Topliss-reactive ketones (excluding diaryl/α,β-unsaturated/α-hetero) is 1. The molecule has 0 unspecified atom stereocenters. The van der Waals surface area contributed by atoms with Gasteiger partial charge in [0.15, 0.2) is 5.76 Å². The number of rotatable bonds is 6. The minimum Gasteiger partial charge on any atom is -0.497 e. The molecule has 5 nitrogen and oxygen atoms in total. The highest BCUT2D eigenvalue weighted by Gasteiger charge is 2.33. The average Bonchev–Trinajstić information content (AvgIpc) is 3.15. The summed E-state index contributed by atoms with van der Waals surface area (Å²) >= 11 is 0. The van der Waals surface area contributed by atoms with Gasteiger partial charge < -0.3 is 14.2 Å². The van der Waals surface area contributed by atoms with Gasteiger partial charge in [0.1, 0.15) is 24.0 Å². The highest BCUT2D eigenvalue weighted by Crippen LogP contribution is 2.42. The fourth-order valence-electron chi connectivity index (χ4n) is 4.18. The summed E-state index contributed by atoms with van der Waals surface area (Å²) in [5.74, 6) is 2.36. The summed E-state index contributed by atoms with van der Waals surface area (Å²) in [7, 11) is 1.62. The Hall–Kier alpha value is -3.57. The van der Waals surface area contributed by atoms with Crippen LogP contribution in [0.25, 0.3) is 6.08 Å². The number of nitrogens with zero attached hydrogens (tertiary/aromatic N) is 1. The molecule has 32 heavy (non-hydrogen) atoms. The zero-order chi connectivity index (χ0) is 21.9. The van der Waals surface area contributed by atoms with Gasteiger partial charge in [0.2, 0.25) is 5.78 Å². The number of carbonyl (C=O) groups is 1. The molecule has 2 aliphatic rings. The number of allylic oxidation sites excluding steroid dienone is 1. The molecule has 3 aromatic rings. The van der Waals surface area contributed by atoms with E-state index in [9.17, 15) is 4.79 Å². The van der Waals surface area contributed by atoms with Crippen LogP contribution in [-0.4, -0.2) is 31.1 Å². The Morgan fingerprint density at radius 1 is 1.06 bits per heavy atom. The van der Waals surface area contributed by atoms with Crippen molar-refractivity contribution in [3.8, 4) is 17.2 Å². The second-order valence-electron chi connectivity index (χ2n) is 8.05. The third kappa shape index (κ3) is 4.12. The van der Waals surface area contributed by atoms with Crippen LogP contribution in [0.5, 0.6) is 17.2 Å². The van der Waals surface area contributed by atoms with Gasteiger partial charge in [0, 0.05) is 13.1 Å². The number of fused-ring (bicyclic) bond motifs is 3. The quantitative estimate of drug-likeness (QED) is 0.513. The third-order valence-electron chi connectivity index (χ3n) is 5.86. The van der Waals surface area contributed by atoms with Gasteiger partial charge in [-0.05, 0) is 54.3 Å². The Balaban J connectivity index is 1.32. The van der Waals surface area contributed by atoms with Crippen LogP contribution < -0.4 is 14.2 Å². The van der Waals surface area contributed by atoms with Gasteiger partial charge in [-0.15, -0.1) is 0 Å². The Labute approximate surface area is 187 Å². The van der Waals surface area contributed by atoms with E-state index in [1.165, 1.54) is 5.56 Å². The van der Waals surface area contributed by atoms with Crippen LogP contribution >= 0.6 is 0 Å². The predicted molar refractivity (Wildman–Crippen MR) is 123 cm³/mol. The molecule has 0 radical (unpaired) electrons. The topological polar surface area (TPSA) is 48.0 Å². The minimum atomic E-state index is -0.105. The number of hydrogen-bond donors (Lipinski definition) is 0. The maximum absolute atomic E-state index is 13.0. The summed E-state index contributed by atoms with van der Waals surface area (Å²) in [6.45, 7) is 2.16. The summed E-state index contributed by atoms with van der Waals surface area (Å²) in [5, 5.41) is 0. The van der Waals surface area contributed by atoms with Crippen molar-refractivity contribution in [2.45, 2.75) is 19.4 Å². The van der Waals surface area contributed by atoms with Crippen molar-refractivity contribution >= 4 is 11.9 Å². The maximum Gasteiger partial charge on any atom is 0.231 e. The van der Waals surface area contributed by atoms with Crippen molar-refractivity contribution in [2.75, 3.05) is 20.4 Å². The first-order chi connectivity index (χ1) is 15.7. The lowest BCUT2D eigenvalue weighted by Crippen LogP contribution is -2.33. The second-order valence-corrected chi connectivity index (χ2v) is 8.05. The van der Waals surface area contributed by atoms with E-state index in [4.69, 9.17) is 14.2 Å². The van der Waals surface area contributed by atoms with Crippen LogP contribution in [0.15, 0.2) is 72.5 Å². The van der Waals surface area contributed by atoms with Gasteiger partial charge in [0.25, 0.3) is 0 Å². The normalized spacial score (nSPS) is 16.3. The molecular formula is C27H25NO4. The van der Waals surface area contributed by atoms with Gasteiger partial charge >= 0.3 is 0 Å². The van der Waals surface area contributed by atoms with Crippen molar-refractivity contribution in [3.63, 3.8) is 0 Å². The van der Waals surface area contributed by atoms with E-state index in [1.807, 2.05) is 36.4 Å². The standard InChI is InChI=1S/C27H25NO4/c1-30-21-11-5-9-20(15-21)16-25-26(29)22-12-13-24-23(27(22)32-25)17-28(18-31-24)14-6-10-19-7-3-2-4-8-19/h2-5,7-9,11-13,15-16H,6,10,14,17-18H2,1H3/b25-16-. The number of ether oxygens (including phenoxy) is 3. The molecule has 5 rings (SSSR count). The number of hydrogen-bond acceptors (Lipinski definition) is 5. The SMILES string of the molecule is COc1cccc(/C=C2\Oc3c(ccc4c3CN(CCCc3ccccc3)CO4)C2=O)c1. The van der Waals surface area contributed by atoms with Crippen molar-refractivity contribution in [1.29, 1.82) is 0 Å². The van der Waals surface area contributed by atoms with Crippen LogP contribution in [0.2, 0.25) is 0 Å². The fraction of sp³-hybridized carbons (Fsp3) is 0.222. The molecule has 2 heterocycles. The molecule has 0 atom stereocenters. The highest BCUT2D eigenvalue weighted by atomic mass is 16.5. The van der Waals surface area contributed by atoms with E-state index in [-0.39, 0.29) is 5.78 Å². The van der Waals surface area contributed by atoms with Gasteiger partial charge in [-0.3, -0.25) is 9.69 Å². The molecule has 0 spiro atoms. The van der Waals surface area contributed by atoms with Crippen LogP contribution in [0.3, 0.4) is 0 Å². The zero-order valence-corrected chi connectivity index (χ0v) is 18.0. The van der Waals surface area contributed by atoms with Gasteiger partial charge in [-0.25, -0.2) is 0 Å². The molecule has 0 bridgehead atoms. The number of benzene rings is 3. The molecule has 0 aliphatic carbocycles. The second kappa shape index (κ2) is 8.89. The predicted octanol–water partition coefficient (Wildman–Crippen LogP) is 5.10. The number of carbonyl (C=O) groups excluding carboxylic acids is 1. The molecule has 0 amide bonds.